The molecule has 0 heterocycles. The Labute approximate surface area is 436 Å². The summed E-state index contributed by atoms with van der Waals surface area (Å²) in [6.07, 6.45) is 3.87. The van der Waals surface area contributed by atoms with Crippen LogP contribution in [0.1, 0.15) is 85.0 Å². The molecule has 0 aliphatic heterocycles. The van der Waals surface area contributed by atoms with E-state index in [0.717, 1.165) is 59.0 Å². The van der Waals surface area contributed by atoms with Crippen LogP contribution >= 0.6 is 0 Å². The second kappa shape index (κ2) is 21.7. The van der Waals surface area contributed by atoms with Crippen molar-refractivity contribution in [2.75, 3.05) is 29.5 Å². The number of likely N-dealkylation sites (N-methyl/N-ethyl adjacent to an activating group) is 1. The lowest BCUT2D eigenvalue weighted by Gasteiger charge is -2.64. The van der Waals surface area contributed by atoms with Crippen molar-refractivity contribution in [1.29, 1.82) is 0 Å². The molecule has 0 unspecified atom stereocenters. The van der Waals surface area contributed by atoms with Crippen LogP contribution in [-0.4, -0.2) is 70.8 Å². The number of carbonyl (C=O) groups excluding carboxylic acids is 4. The maximum atomic E-state index is 14.3. The fourth-order valence-corrected chi connectivity index (χ4v) is 14.0. The van der Waals surface area contributed by atoms with E-state index in [9.17, 15) is 39.4 Å². The number of non-ortho nitro benzene ring substituents is 2. The van der Waals surface area contributed by atoms with Gasteiger partial charge in [-0.3, -0.25) is 41.0 Å². The second-order valence-electron chi connectivity index (χ2n) is 21.8. The van der Waals surface area contributed by atoms with Gasteiger partial charge in [-0.2, -0.15) is 0 Å². The molecule has 17 heteroatoms. The van der Waals surface area contributed by atoms with Gasteiger partial charge in [0.1, 0.15) is 18.3 Å². The first-order valence-electron chi connectivity index (χ1n) is 26.1. The number of anilines is 3. The van der Waals surface area contributed by atoms with Gasteiger partial charge in [0.2, 0.25) is 5.91 Å². The minimum absolute atomic E-state index is 0.00372. The van der Waals surface area contributed by atoms with Crippen molar-refractivity contribution in [3.05, 3.63) is 136 Å². The molecule has 4 aliphatic rings. The maximum Gasteiger partial charge on any atom is 0.411 e. The number of carbonyl (C=O) groups is 4. The number of amides is 4. The minimum Gasteiger partial charge on any atom is -0.446 e. The van der Waals surface area contributed by atoms with Gasteiger partial charge < -0.3 is 19.1 Å². The number of hydrogen-bond donors (Lipinski definition) is 3. The van der Waals surface area contributed by atoms with Crippen molar-refractivity contribution in [2.24, 2.45) is 46.3 Å². The Kier molecular flexibility index (Phi) is 15.2. The third kappa shape index (κ3) is 11.0. The molecule has 0 saturated heterocycles. The van der Waals surface area contributed by atoms with Crippen LogP contribution in [0.25, 0.3) is 21.5 Å². The zero-order chi connectivity index (χ0) is 53.2. The topological polar surface area (TPSA) is 222 Å². The lowest BCUT2D eigenvalue weighted by molar-refractivity contribution is -0.394. The molecule has 4 fully saturated rings. The molecule has 3 N–H and O–H groups in total. The summed E-state index contributed by atoms with van der Waals surface area (Å²) >= 11 is 0. The summed E-state index contributed by atoms with van der Waals surface area (Å²) in [5.41, 5.74) is -1.14. The van der Waals surface area contributed by atoms with Crippen LogP contribution in [0.15, 0.2) is 116 Å². The largest absolute Gasteiger partial charge is 0.446 e. The van der Waals surface area contributed by atoms with Gasteiger partial charge in [0.05, 0.1) is 21.6 Å². The quantitative estimate of drug-likeness (QED) is 0.0387. The van der Waals surface area contributed by atoms with Crippen LogP contribution in [-0.2, 0) is 19.0 Å². The van der Waals surface area contributed by atoms with E-state index in [1.54, 1.807) is 18.0 Å². The second-order valence-corrected chi connectivity index (χ2v) is 21.8. The summed E-state index contributed by atoms with van der Waals surface area (Å²) in [4.78, 5) is 79.0. The van der Waals surface area contributed by atoms with Crippen molar-refractivity contribution < 1.29 is 43.2 Å². The predicted octanol–water partition coefficient (Wildman–Crippen LogP) is 13.3. The van der Waals surface area contributed by atoms with Crippen LogP contribution in [0.4, 0.5) is 42.8 Å². The van der Waals surface area contributed by atoms with Gasteiger partial charge in [0.25, 0.3) is 11.4 Å². The molecule has 0 bridgehead atoms. The zero-order valence-corrected chi connectivity index (χ0v) is 42.9. The number of rotatable bonds is 15. The summed E-state index contributed by atoms with van der Waals surface area (Å²) in [5.74, 6) is -0.400. The first kappa shape index (κ1) is 52.3. The van der Waals surface area contributed by atoms with Crippen LogP contribution in [0.5, 0.6) is 0 Å². The molecular formula is C58H66N6O11. The molecule has 9 rings (SSSR count). The first-order chi connectivity index (χ1) is 35.9. The monoisotopic (exact) mass is 1020 g/mol. The predicted molar refractivity (Wildman–Crippen MR) is 286 cm³/mol. The van der Waals surface area contributed by atoms with Crippen LogP contribution in [0.3, 0.4) is 0 Å². The Morgan fingerprint density at radius 3 is 1.89 bits per heavy atom. The van der Waals surface area contributed by atoms with Crippen LogP contribution in [0, 0.1) is 66.6 Å². The molecule has 0 radical (unpaired) electrons. The average Bonchev–Trinajstić information content (AvgIpc) is 3.78. The highest BCUT2D eigenvalue weighted by Gasteiger charge is 2.68. The molecule has 0 spiro atoms. The van der Waals surface area contributed by atoms with Gasteiger partial charge in [0.15, 0.2) is 0 Å². The number of ether oxygens (including phenoxy) is 3. The highest BCUT2D eigenvalue weighted by molar-refractivity contribution is 5.92. The SMILES string of the molecule is C=CCN(C)C(=O)CCC[C@@H](C)[C@H]1CC[C@H]2[C@@H]3[C@H](OC(=O)Nc4ccc5ccccc5c4)C[C@@H]4C[C@H](OC(=O)Nc5ccc6ccccc6c5)CC[C@]4(C)[C@H]3C[C@H](OC(=O)Nc3cc([N+](=O)[O-])cc([N+](=O)[O-])c3)[C@]12C. The van der Waals surface area contributed by atoms with Crippen molar-refractivity contribution in [3.63, 3.8) is 0 Å². The zero-order valence-electron chi connectivity index (χ0n) is 42.9. The van der Waals surface area contributed by atoms with Crippen molar-refractivity contribution in [1.82, 2.24) is 4.90 Å². The molecular weight excluding hydrogens is 957 g/mol. The number of nitro benzene ring substituents is 2. The van der Waals surface area contributed by atoms with Gasteiger partial charge in [0, 0.05) is 54.9 Å². The standard InChI is InChI=1S/C58H66N6O11/c1-6-26-62(5)52(65)17-11-12-35(2)47-22-23-48-53-49(34-51(58(47,48)4)75-56(68)61-43-31-44(63(69)70)33-45(32-43)64(71)72)57(3)25-24-46(73-54(66)59-41-20-18-36-13-7-9-15-38(36)27-41)29-40(57)30-50(53)74-55(67)60-42-21-19-37-14-8-10-16-39(37)28-42/h6-10,13-16,18-21,27-28,31-33,35,40,46-51,53H,1,11-12,17,22-26,29-30,34H2,2-5H3,(H,59,66)(H,60,67)(H,61,68)/t35-,40+,46-,47-,48+,49+,50-,51+,53+,57+,58-/m1/s1. The molecule has 0 aromatic heterocycles. The number of fused-ring (bicyclic) bond motifs is 7. The smallest absolute Gasteiger partial charge is 0.411 e. The van der Waals surface area contributed by atoms with Gasteiger partial charge in [-0.15, -0.1) is 6.58 Å². The van der Waals surface area contributed by atoms with Crippen molar-refractivity contribution in [2.45, 2.75) is 103 Å². The number of benzene rings is 5. The molecule has 11 atom stereocenters. The summed E-state index contributed by atoms with van der Waals surface area (Å²) in [5, 5.41) is 36.2. The highest BCUT2D eigenvalue weighted by Crippen LogP contribution is 2.69. The summed E-state index contributed by atoms with van der Waals surface area (Å²) in [7, 11) is 1.76. The van der Waals surface area contributed by atoms with E-state index < -0.39 is 63.2 Å². The van der Waals surface area contributed by atoms with E-state index >= 15 is 0 Å². The van der Waals surface area contributed by atoms with Gasteiger partial charge >= 0.3 is 18.3 Å². The Bertz CT molecular complexity index is 2990. The van der Waals surface area contributed by atoms with E-state index in [1.165, 1.54) is 0 Å². The molecule has 4 amide bonds. The molecule has 5 aromatic carbocycles. The summed E-state index contributed by atoms with van der Waals surface area (Å²) in [6, 6.07) is 30.1. The van der Waals surface area contributed by atoms with Gasteiger partial charge in [-0.1, -0.05) is 87.5 Å². The number of hydrogen-bond acceptors (Lipinski definition) is 11. The van der Waals surface area contributed by atoms with E-state index in [2.05, 4.69) is 43.3 Å². The molecule has 5 aromatic rings. The minimum atomic E-state index is -0.906. The molecule has 394 valence electrons. The Hall–Kier alpha value is -7.56. The summed E-state index contributed by atoms with van der Waals surface area (Å²) < 4.78 is 19.5. The fraction of sp³-hybridized carbons (Fsp3) is 0.448. The van der Waals surface area contributed by atoms with E-state index in [4.69, 9.17) is 14.2 Å². The maximum absolute atomic E-state index is 14.3. The normalized spacial score (nSPS) is 27.0. The first-order valence-corrected chi connectivity index (χ1v) is 26.1. The average molecular weight is 1020 g/mol. The van der Waals surface area contributed by atoms with E-state index in [-0.39, 0.29) is 52.5 Å². The third-order valence-corrected chi connectivity index (χ3v) is 17.7. The van der Waals surface area contributed by atoms with Crippen molar-refractivity contribution >= 4 is 74.2 Å². The Morgan fingerprint density at radius 1 is 0.720 bits per heavy atom. The Balaban J connectivity index is 1.02. The van der Waals surface area contributed by atoms with E-state index in [0.29, 0.717) is 62.9 Å². The lowest BCUT2D eigenvalue weighted by atomic mass is 9.43. The molecule has 4 aliphatic carbocycles. The highest BCUT2D eigenvalue weighted by atomic mass is 16.6. The fourth-order valence-electron chi connectivity index (χ4n) is 14.0. The number of nitro groups is 2. The molecule has 17 nitrogen and oxygen atoms in total. The van der Waals surface area contributed by atoms with Crippen LogP contribution < -0.4 is 16.0 Å². The van der Waals surface area contributed by atoms with Gasteiger partial charge in [-0.05, 0) is 139 Å². The number of nitrogens with one attached hydrogen (secondary N) is 3. The van der Waals surface area contributed by atoms with E-state index in [1.807, 2.05) is 84.9 Å². The van der Waals surface area contributed by atoms with Crippen molar-refractivity contribution in [3.8, 4) is 0 Å². The van der Waals surface area contributed by atoms with Gasteiger partial charge in [-0.25, -0.2) is 14.4 Å². The third-order valence-electron chi connectivity index (χ3n) is 17.7. The molecule has 4 saturated carbocycles. The lowest BCUT2D eigenvalue weighted by Crippen LogP contribution is -2.63. The molecule has 75 heavy (non-hydrogen) atoms. The number of nitrogens with zero attached hydrogens (tertiary/aromatic N) is 3. The Morgan fingerprint density at radius 2 is 1.29 bits per heavy atom. The van der Waals surface area contributed by atoms with Crippen LogP contribution in [0.2, 0.25) is 0 Å². The summed E-state index contributed by atoms with van der Waals surface area (Å²) in [6.45, 7) is 10.8.